The maximum absolute atomic E-state index is 12.9. The summed E-state index contributed by atoms with van der Waals surface area (Å²) in [5.41, 5.74) is 0.625. The molecule has 0 saturated heterocycles. The molecule has 4 aliphatic carbocycles. The van der Waals surface area contributed by atoms with Gasteiger partial charge in [-0.3, -0.25) is 9.59 Å². The van der Waals surface area contributed by atoms with Crippen LogP contribution in [0.15, 0.2) is 24.3 Å². The molecule has 0 atom stereocenters. The molecule has 0 unspecified atom stereocenters. The molecule has 1 aromatic carbocycles. The largest absolute Gasteiger partial charge is 0.465 e. The van der Waals surface area contributed by atoms with Gasteiger partial charge in [-0.05, 0) is 74.5 Å². The zero-order chi connectivity index (χ0) is 19.0. The number of amides is 2. The highest BCUT2D eigenvalue weighted by Crippen LogP contribution is 2.60. The van der Waals surface area contributed by atoms with Crippen LogP contribution in [0.2, 0.25) is 0 Å². The van der Waals surface area contributed by atoms with Crippen molar-refractivity contribution in [3.05, 3.63) is 29.8 Å². The number of hydrogen-bond acceptors (Lipinski definition) is 4. The summed E-state index contributed by atoms with van der Waals surface area (Å²) in [6.07, 6.45) is 6.78. The van der Waals surface area contributed by atoms with E-state index >= 15 is 0 Å². The highest BCUT2D eigenvalue weighted by molar-refractivity contribution is 5.97. The molecule has 0 aliphatic heterocycles. The van der Waals surface area contributed by atoms with Crippen molar-refractivity contribution in [2.45, 2.75) is 38.5 Å². The summed E-state index contributed by atoms with van der Waals surface area (Å²) in [4.78, 5) is 36.7. The van der Waals surface area contributed by atoms with E-state index in [1.165, 1.54) is 26.4 Å². The van der Waals surface area contributed by atoms with Crippen molar-refractivity contribution in [1.29, 1.82) is 0 Å². The molecule has 4 aliphatic rings. The van der Waals surface area contributed by atoms with Crippen molar-refractivity contribution >= 4 is 23.5 Å². The average Bonchev–Trinajstić information content (AvgIpc) is 2.64. The van der Waals surface area contributed by atoms with E-state index in [1.807, 2.05) is 0 Å². The topological polar surface area (TPSA) is 84.5 Å². The molecule has 5 rings (SSSR count). The molecule has 6 nitrogen and oxygen atoms in total. The number of methoxy groups -OCH3 is 1. The molecule has 4 fully saturated rings. The van der Waals surface area contributed by atoms with Gasteiger partial charge in [-0.1, -0.05) is 6.07 Å². The standard InChI is InChI=1S/C21H26N2O4/c1-27-19(25)16-3-2-4-17(8-16)23-18(24)12-22-20(26)21-9-13-5-14(10-21)7-15(6-13)11-21/h2-4,8,13-15H,5-7,9-12H2,1H3,(H,22,26)(H,23,24). The molecule has 2 amide bonds. The molecule has 27 heavy (non-hydrogen) atoms. The van der Waals surface area contributed by atoms with Crippen molar-refractivity contribution in [2.24, 2.45) is 23.2 Å². The first-order chi connectivity index (χ1) is 13.0. The van der Waals surface area contributed by atoms with Gasteiger partial charge in [0.05, 0.1) is 19.2 Å². The maximum Gasteiger partial charge on any atom is 0.337 e. The second-order valence-electron chi connectivity index (χ2n) is 8.50. The number of carbonyl (C=O) groups is 3. The lowest BCUT2D eigenvalue weighted by atomic mass is 9.49. The van der Waals surface area contributed by atoms with Gasteiger partial charge in [0.2, 0.25) is 11.8 Å². The Bertz CT molecular complexity index is 738. The molecule has 0 spiro atoms. The Morgan fingerprint density at radius 1 is 1.07 bits per heavy atom. The fraction of sp³-hybridized carbons (Fsp3) is 0.571. The SMILES string of the molecule is COC(=O)c1cccc(NC(=O)CNC(=O)C23CC4CC(CC(C4)C2)C3)c1. The zero-order valence-corrected chi connectivity index (χ0v) is 15.6. The molecule has 0 heterocycles. The zero-order valence-electron chi connectivity index (χ0n) is 15.6. The minimum Gasteiger partial charge on any atom is -0.465 e. The van der Waals surface area contributed by atoms with E-state index in [4.69, 9.17) is 0 Å². The second-order valence-corrected chi connectivity index (χ2v) is 8.50. The number of benzene rings is 1. The maximum atomic E-state index is 12.9. The number of ether oxygens (including phenoxy) is 1. The lowest BCUT2D eigenvalue weighted by molar-refractivity contribution is -0.146. The van der Waals surface area contributed by atoms with Crippen LogP contribution in [-0.4, -0.2) is 31.4 Å². The average molecular weight is 370 g/mol. The van der Waals surface area contributed by atoms with Crippen LogP contribution in [0.3, 0.4) is 0 Å². The Labute approximate surface area is 159 Å². The summed E-state index contributed by atoms with van der Waals surface area (Å²) in [6, 6.07) is 6.56. The number of rotatable bonds is 5. The number of carbonyl (C=O) groups excluding carboxylic acids is 3. The van der Waals surface area contributed by atoms with E-state index in [2.05, 4.69) is 15.4 Å². The molecule has 144 valence electrons. The van der Waals surface area contributed by atoms with E-state index < -0.39 is 5.97 Å². The van der Waals surface area contributed by atoms with Gasteiger partial charge in [-0.15, -0.1) is 0 Å². The Kier molecular flexibility index (Phi) is 4.66. The van der Waals surface area contributed by atoms with Crippen LogP contribution < -0.4 is 10.6 Å². The minimum absolute atomic E-state index is 0.0417. The minimum atomic E-state index is -0.457. The molecule has 4 saturated carbocycles. The van der Waals surface area contributed by atoms with Crippen molar-refractivity contribution in [2.75, 3.05) is 19.0 Å². The summed E-state index contributed by atoms with van der Waals surface area (Å²) < 4.78 is 4.68. The number of esters is 1. The van der Waals surface area contributed by atoms with Gasteiger partial charge < -0.3 is 15.4 Å². The highest BCUT2D eigenvalue weighted by Gasteiger charge is 2.54. The van der Waals surface area contributed by atoms with Crippen LogP contribution >= 0.6 is 0 Å². The first-order valence-electron chi connectivity index (χ1n) is 9.74. The molecule has 0 aromatic heterocycles. The first-order valence-corrected chi connectivity index (χ1v) is 9.74. The van der Waals surface area contributed by atoms with Gasteiger partial charge in [0.15, 0.2) is 0 Å². The highest BCUT2D eigenvalue weighted by atomic mass is 16.5. The molecule has 1 aromatic rings. The van der Waals surface area contributed by atoms with Gasteiger partial charge in [0, 0.05) is 11.1 Å². The Morgan fingerprint density at radius 3 is 2.30 bits per heavy atom. The molecular formula is C21H26N2O4. The second kappa shape index (κ2) is 6.98. The predicted octanol–water partition coefficient (Wildman–Crippen LogP) is 2.74. The van der Waals surface area contributed by atoms with Gasteiger partial charge in [-0.25, -0.2) is 4.79 Å². The van der Waals surface area contributed by atoms with E-state index in [0.717, 1.165) is 19.3 Å². The lowest BCUT2D eigenvalue weighted by Crippen LogP contribution is -2.54. The molecule has 2 N–H and O–H groups in total. The predicted molar refractivity (Wildman–Crippen MR) is 100 cm³/mol. The first kappa shape index (κ1) is 18.0. The van der Waals surface area contributed by atoms with Gasteiger partial charge in [0.1, 0.15) is 0 Å². The Hall–Kier alpha value is -2.37. The fourth-order valence-electron chi connectivity index (χ4n) is 5.78. The number of anilines is 1. The summed E-state index contributed by atoms with van der Waals surface area (Å²) >= 11 is 0. The normalized spacial score (nSPS) is 30.6. The van der Waals surface area contributed by atoms with Crippen LogP contribution in [0, 0.1) is 23.2 Å². The quantitative estimate of drug-likeness (QED) is 0.781. The molecule has 4 bridgehead atoms. The third-order valence-corrected chi connectivity index (χ3v) is 6.50. The van der Waals surface area contributed by atoms with Crippen LogP contribution in [0.1, 0.15) is 48.9 Å². The summed E-state index contributed by atoms with van der Waals surface area (Å²) in [7, 11) is 1.31. The Balaban J connectivity index is 1.33. The molecule has 6 heteroatoms. The van der Waals surface area contributed by atoms with Crippen LogP contribution in [0.25, 0.3) is 0 Å². The van der Waals surface area contributed by atoms with E-state index in [-0.39, 0.29) is 23.8 Å². The smallest absolute Gasteiger partial charge is 0.337 e. The molecular weight excluding hydrogens is 344 g/mol. The summed E-state index contributed by atoms with van der Waals surface area (Å²) in [6.45, 7) is -0.0525. The number of hydrogen-bond donors (Lipinski definition) is 2. The molecule has 0 radical (unpaired) electrons. The number of nitrogens with one attached hydrogen (secondary N) is 2. The van der Waals surface area contributed by atoms with Crippen molar-refractivity contribution in [1.82, 2.24) is 5.32 Å². The van der Waals surface area contributed by atoms with Crippen molar-refractivity contribution < 1.29 is 19.1 Å². The third kappa shape index (κ3) is 3.57. The third-order valence-electron chi connectivity index (χ3n) is 6.50. The van der Waals surface area contributed by atoms with E-state index in [1.54, 1.807) is 24.3 Å². The fourth-order valence-corrected chi connectivity index (χ4v) is 5.78. The van der Waals surface area contributed by atoms with Gasteiger partial charge in [-0.2, -0.15) is 0 Å². The monoisotopic (exact) mass is 370 g/mol. The van der Waals surface area contributed by atoms with E-state index in [9.17, 15) is 14.4 Å². The Morgan fingerprint density at radius 2 is 1.70 bits per heavy atom. The van der Waals surface area contributed by atoms with Crippen LogP contribution in [-0.2, 0) is 14.3 Å². The van der Waals surface area contributed by atoms with Crippen molar-refractivity contribution in [3.63, 3.8) is 0 Å². The summed E-state index contributed by atoms with van der Waals surface area (Å²) in [5, 5.41) is 5.59. The summed E-state index contributed by atoms with van der Waals surface area (Å²) in [5.74, 6) is 1.36. The van der Waals surface area contributed by atoms with Gasteiger partial charge in [0.25, 0.3) is 0 Å². The van der Waals surface area contributed by atoms with Gasteiger partial charge >= 0.3 is 5.97 Å². The van der Waals surface area contributed by atoms with Crippen LogP contribution in [0.5, 0.6) is 0 Å². The van der Waals surface area contributed by atoms with Crippen molar-refractivity contribution in [3.8, 4) is 0 Å². The lowest BCUT2D eigenvalue weighted by Gasteiger charge is -2.55. The van der Waals surface area contributed by atoms with E-state index in [0.29, 0.717) is 29.0 Å². The van der Waals surface area contributed by atoms with Crippen LogP contribution in [0.4, 0.5) is 5.69 Å².